The number of Topliss-reactive ketones (excluding diaryl/α,β-unsaturated/α-hetero) is 1. The molecule has 4 aromatic rings. The minimum atomic E-state index is -0.359. The number of fused-ring (bicyclic) bond motifs is 3. The van der Waals surface area contributed by atoms with Crippen molar-refractivity contribution in [3.05, 3.63) is 70.0 Å². The van der Waals surface area contributed by atoms with E-state index in [0.717, 1.165) is 11.9 Å². The average Bonchev–Trinajstić information content (AvgIpc) is 3.26. The van der Waals surface area contributed by atoms with E-state index in [1.54, 1.807) is 4.57 Å². The first-order chi connectivity index (χ1) is 16.0. The molecule has 8 heteroatoms. The number of hydrogen-bond donors (Lipinski definition) is 0. The summed E-state index contributed by atoms with van der Waals surface area (Å²) < 4.78 is 8.96. The Hall–Kier alpha value is -2.97. The van der Waals surface area contributed by atoms with Gasteiger partial charge in [-0.15, -0.1) is 10.2 Å². The van der Waals surface area contributed by atoms with Crippen LogP contribution < -0.4 is 5.56 Å². The largest absolute Gasteiger partial charge is 0.382 e. The second-order valence-electron chi connectivity index (χ2n) is 7.82. The van der Waals surface area contributed by atoms with Crippen LogP contribution in [0.3, 0.4) is 0 Å². The van der Waals surface area contributed by atoms with Gasteiger partial charge in [-0.3, -0.25) is 18.6 Å². The van der Waals surface area contributed by atoms with Gasteiger partial charge in [-0.05, 0) is 44.4 Å². The minimum absolute atomic E-state index is 0.0359. The first-order valence-corrected chi connectivity index (χ1v) is 12.2. The molecular formula is C25H28N4O3S. The number of ketones is 1. The number of carbonyl (C=O) groups excluding carboxylic acids is 1. The molecule has 2 heterocycles. The Kier molecular flexibility index (Phi) is 7.25. The summed E-state index contributed by atoms with van der Waals surface area (Å²) in [7, 11) is 0. The molecule has 1 atom stereocenters. The van der Waals surface area contributed by atoms with Crippen molar-refractivity contribution in [3.63, 3.8) is 0 Å². The quantitative estimate of drug-likeness (QED) is 0.197. The molecule has 2 aromatic heterocycles. The van der Waals surface area contributed by atoms with E-state index in [1.165, 1.54) is 17.3 Å². The summed E-state index contributed by atoms with van der Waals surface area (Å²) in [5, 5.41) is 9.53. The second-order valence-corrected chi connectivity index (χ2v) is 9.13. The summed E-state index contributed by atoms with van der Waals surface area (Å²) in [6.45, 7) is 7.60. The molecular weight excluding hydrogens is 436 g/mol. The van der Waals surface area contributed by atoms with E-state index in [-0.39, 0.29) is 16.6 Å². The summed E-state index contributed by atoms with van der Waals surface area (Å²) in [5.41, 5.74) is 2.51. The predicted molar refractivity (Wildman–Crippen MR) is 131 cm³/mol. The monoisotopic (exact) mass is 464 g/mol. The van der Waals surface area contributed by atoms with Gasteiger partial charge in [0.05, 0.1) is 16.2 Å². The molecule has 33 heavy (non-hydrogen) atoms. The molecule has 0 saturated heterocycles. The van der Waals surface area contributed by atoms with Crippen LogP contribution in [0.25, 0.3) is 16.7 Å². The van der Waals surface area contributed by atoms with Gasteiger partial charge in [-0.1, -0.05) is 55.1 Å². The Morgan fingerprint density at radius 1 is 1.09 bits per heavy atom. The third-order valence-electron chi connectivity index (χ3n) is 5.65. The van der Waals surface area contributed by atoms with Crippen molar-refractivity contribution in [1.82, 2.24) is 19.2 Å². The van der Waals surface area contributed by atoms with Gasteiger partial charge in [0, 0.05) is 25.3 Å². The molecule has 0 spiro atoms. The van der Waals surface area contributed by atoms with Gasteiger partial charge < -0.3 is 4.74 Å². The smallest absolute Gasteiger partial charge is 0.262 e. The Labute approximate surface area is 196 Å². The first kappa shape index (κ1) is 23.2. The summed E-state index contributed by atoms with van der Waals surface area (Å²) in [4.78, 5) is 26.2. The van der Waals surface area contributed by atoms with Crippen molar-refractivity contribution in [1.29, 1.82) is 0 Å². The minimum Gasteiger partial charge on any atom is -0.382 e. The van der Waals surface area contributed by atoms with Crippen molar-refractivity contribution >= 4 is 34.2 Å². The summed E-state index contributed by atoms with van der Waals surface area (Å²) in [5.74, 6) is 0.512. The highest BCUT2D eigenvalue weighted by molar-refractivity contribution is 8.00. The van der Waals surface area contributed by atoms with Gasteiger partial charge in [-0.25, -0.2) is 0 Å². The van der Waals surface area contributed by atoms with Crippen molar-refractivity contribution in [2.75, 3.05) is 13.2 Å². The summed E-state index contributed by atoms with van der Waals surface area (Å²) >= 11 is 1.35. The van der Waals surface area contributed by atoms with Crippen molar-refractivity contribution in [2.45, 2.75) is 50.6 Å². The SMILES string of the molecule is CCOCCCn1c(=O)c2ccccc2n2c(SC(C)C(=O)c3ccc(CC)cc3)nnc12. The van der Waals surface area contributed by atoms with Crippen molar-refractivity contribution in [3.8, 4) is 0 Å². The maximum absolute atomic E-state index is 13.2. The molecule has 172 valence electrons. The first-order valence-electron chi connectivity index (χ1n) is 11.3. The molecule has 0 radical (unpaired) electrons. The fourth-order valence-electron chi connectivity index (χ4n) is 3.83. The lowest BCUT2D eigenvalue weighted by Gasteiger charge is -2.13. The standard InChI is InChI=1S/C25H28N4O3S/c1-4-18-11-13-19(14-12-18)22(30)17(3)33-25-27-26-24-28(15-8-16-32-5-2)23(31)20-9-6-7-10-21(20)29(24)25/h6-7,9-14,17H,4-5,8,15-16H2,1-3H3. The number of nitrogens with zero attached hydrogens (tertiary/aromatic N) is 4. The number of hydrogen-bond acceptors (Lipinski definition) is 6. The van der Waals surface area contributed by atoms with Crippen LogP contribution in [0, 0.1) is 0 Å². The Morgan fingerprint density at radius 3 is 2.58 bits per heavy atom. The number of thioether (sulfide) groups is 1. The van der Waals surface area contributed by atoms with Crippen LogP contribution in [-0.2, 0) is 17.7 Å². The summed E-state index contributed by atoms with van der Waals surface area (Å²) in [6.07, 6.45) is 1.63. The van der Waals surface area contributed by atoms with E-state index in [0.29, 0.717) is 48.1 Å². The van der Waals surface area contributed by atoms with E-state index in [9.17, 15) is 9.59 Å². The van der Waals surface area contributed by atoms with Gasteiger partial charge in [0.15, 0.2) is 10.9 Å². The molecule has 0 aliphatic carbocycles. The molecule has 0 bridgehead atoms. The number of para-hydroxylation sites is 1. The van der Waals surface area contributed by atoms with Gasteiger partial charge in [0.2, 0.25) is 5.78 Å². The molecule has 0 N–H and O–H groups in total. The maximum Gasteiger partial charge on any atom is 0.262 e. The highest BCUT2D eigenvalue weighted by Crippen LogP contribution is 2.27. The molecule has 4 rings (SSSR count). The second kappa shape index (κ2) is 10.3. The van der Waals surface area contributed by atoms with Gasteiger partial charge >= 0.3 is 0 Å². The number of aromatic nitrogens is 4. The van der Waals surface area contributed by atoms with Gasteiger partial charge in [0.1, 0.15) is 0 Å². The van der Waals surface area contributed by atoms with Crippen LogP contribution in [-0.4, -0.2) is 43.4 Å². The topological polar surface area (TPSA) is 78.5 Å². The van der Waals surface area contributed by atoms with Crippen LogP contribution in [0.15, 0.2) is 58.5 Å². The van der Waals surface area contributed by atoms with Crippen LogP contribution in [0.4, 0.5) is 0 Å². The molecule has 0 aliphatic rings. The number of ether oxygens (including phenoxy) is 1. The molecule has 0 amide bonds. The predicted octanol–water partition coefficient (Wildman–Crippen LogP) is 4.40. The zero-order valence-electron chi connectivity index (χ0n) is 19.2. The molecule has 7 nitrogen and oxygen atoms in total. The molecule has 0 aliphatic heterocycles. The third-order valence-corrected chi connectivity index (χ3v) is 6.69. The molecule has 0 fully saturated rings. The Morgan fingerprint density at radius 2 is 1.85 bits per heavy atom. The number of carbonyl (C=O) groups is 1. The lowest BCUT2D eigenvalue weighted by molar-refractivity contribution is 0.0994. The van der Waals surface area contributed by atoms with E-state index in [1.807, 2.05) is 66.8 Å². The van der Waals surface area contributed by atoms with E-state index in [4.69, 9.17) is 4.74 Å². The van der Waals surface area contributed by atoms with Gasteiger partial charge in [0.25, 0.3) is 5.56 Å². The molecule has 2 aromatic carbocycles. The maximum atomic E-state index is 13.2. The van der Waals surface area contributed by atoms with E-state index in [2.05, 4.69) is 17.1 Å². The third kappa shape index (κ3) is 4.72. The molecule has 1 unspecified atom stereocenters. The average molecular weight is 465 g/mol. The molecule has 0 saturated carbocycles. The van der Waals surface area contributed by atoms with Crippen molar-refractivity contribution in [2.24, 2.45) is 0 Å². The zero-order valence-corrected chi connectivity index (χ0v) is 20.0. The fraction of sp³-hybridized carbons (Fsp3) is 0.360. The van der Waals surface area contributed by atoms with Crippen LogP contribution in [0.5, 0.6) is 0 Å². The Balaban J connectivity index is 1.70. The van der Waals surface area contributed by atoms with Crippen molar-refractivity contribution < 1.29 is 9.53 Å². The highest BCUT2D eigenvalue weighted by Gasteiger charge is 2.22. The number of aryl methyl sites for hydroxylation is 2. The zero-order chi connectivity index (χ0) is 23.4. The van der Waals surface area contributed by atoms with E-state index >= 15 is 0 Å². The van der Waals surface area contributed by atoms with E-state index < -0.39 is 0 Å². The van der Waals surface area contributed by atoms with Crippen LogP contribution in [0.2, 0.25) is 0 Å². The Bertz CT molecular complexity index is 1330. The van der Waals surface area contributed by atoms with Crippen LogP contribution in [0.1, 0.15) is 43.1 Å². The number of benzene rings is 2. The number of rotatable bonds is 10. The normalized spacial score (nSPS) is 12.5. The van der Waals surface area contributed by atoms with Gasteiger partial charge in [-0.2, -0.15) is 0 Å². The lowest BCUT2D eigenvalue weighted by Crippen LogP contribution is -2.24. The lowest BCUT2D eigenvalue weighted by atomic mass is 10.1. The fourth-order valence-corrected chi connectivity index (χ4v) is 4.76. The summed E-state index contributed by atoms with van der Waals surface area (Å²) in [6, 6.07) is 15.2. The highest BCUT2D eigenvalue weighted by atomic mass is 32.2. The van der Waals surface area contributed by atoms with Crippen LogP contribution >= 0.6 is 11.8 Å².